The maximum atomic E-state index is 12.2. The number of nitrogens with one attached hydrogen (secondary N) is 2. The number of anilines is 1. The Labute approximate surface area is 206 Å². The van der Waals surface area contributed by atoms with Crippen molar-refractivity contribution in [3.8, 4) is 17.4 Å². The normalized spacial score (nSPS) is 10.8. The molecular weight excluding hydrogens is 559 g/mol. The molecule has 0 atom stereocenters. The second-order valence-electron chi connectivity index (χ2n) is 6.70. The van der Waals surface area contributed by atoms with Crippen molar-refractivity contribution in [3.63, 3.8) is 0 Å². The molecule has 1 heterocycles. The van der Waals surface area contributed by atoms with Gasteiger partial charge in [-0.3, -0.25) is 19.7 Å². The lowest BCUT2D eigenvalue weighted by Gasteiger charge is -2.13. The van der Waals surface area contributed by atoms with Crippen LogP contribution in [-0.4, -0.2) is 39.1 Å². The highest BCUT2D eigenvalue weighted by Gasteiger charge is 2.21. The number of hydrogen-bond acceptors (Lipinski definition) is 8. The van der Waals surface area contributed by atoms with Crippen LogP contribution in [0.25, 0.3) is 12.2 Å². The van der Waals surface area contributed by atoms with Gasteiger partial charge in [0.25, 0.3) is 11.8 Å². The van der Waals surface area contributed by atoms with Gasteiger partial charge in [0.1, 0.15) is 5.82 Å². The number of aromatic hydroxyl groups is 1. The molecule has 0 aliphatic rings. The van der Waals surface area contributed by atoms with Crippen LogP contribution in [0.4, 0.5) is 11.4 Å². The van der Waals surface area contributed by atoms with Crippen LogP contribution in [0, 0.1) is 13.7 Å². The SMILES string of the molecule is CCOc1cc(/C=C/c2nc(O)c([N+](=O)[O-])c(=O)[nH]2)ccc1OCC(=O)Nc1ccc(I)cc1. The van der Waals surface area contributed by atoms with Gasteiger partial charge in [0.15, 0.2) is 18.1 Å². The Bertz CT molecular complexity index is 1290. The van der Waals surface area contributed by atoms with Gasteiger partial charge >= 0.3 is 11.2 Å². The van der Waals surface area contributed by atoms with Gasteiger partial charge in [-0.2, -0.15) is 4.98 Å². The number of aromatic amines is 1. The molecule has 0 saturated carbocycles. The maximum absolute atomic E-state index is 12.2. The second-order valence-corrected chi connectivity index (χ2v) is 7.94. The number of ether oxygens (including phenoxy) is 2. The van der Waals surface area contributed by atoms with Crippen molar-refractivity contribution >= 4 is 52.0 Å². The monoisotopic (exact) mass is 578 g/mol. The lowest BCUT2D eigenvalue weighted by Crippen LogP contribution is -2.20. The summed E-state index contributed by atoms with van der Waals surface area (Å²) in [4.78, 5) is 39.5. The Morgan fingerprint density at radius 1 is 1.21 bits per heavy atom. The molecule has 0 aliphatic heterocycles. The largest absolute Gasteiger partial charge is 0.490 e. The van der Waals surface area contributed by atoms with E-state index in [1.807, 2.05) is 12.1 Å². The zero-order chi connectivity index (χ0) is 24.7. The number of amides is 1. The topological polar surface area (TPSA) is 157 Å². The lowest BCUT2D eigenvalue weighted by molar-refractivity contribution is -0.387. The highest BCUT2D eigenvalue weighted by Crippen LogP contribution is 2.29. The molecule has 1 amide bonds. The number of carbonyl (C=O) groups excluding carboxylic acids is 1. The van der Waals surface area contributed by atoms with Crippen molar-refractivity contribution in [2.45, 2.75) is 6.92 Å². The van der Waals surface area contributed by atoms with Gasteiger partial charge in [-0.05, 0) is 77.6 Å². The van der Waals surface area contributed by atoms with Crippen molar-refractivity contribution < 1.29 is 24.3 Å². The summed E-state index contributed by atoms with van der Waals surface area (Å²) in [6.45, 7) is 1.92. The third-order valence-corrected chi connectivity index (χ3v) is 4.98. The molecule has 0 unspecified atom stereocenters. The molecule has 0 aliphatic carbocycles. The molecule has 2 aromatic carbocycles. The molecule has 11 nitrogen and oxygen atoms in total. The Morgan fingerprint density at radius 3 is 2.59 bits per heavy atom. The number of aromatic nitrogens is 2. The van der Waals surface area contributed by atoms with Crippen LogP contribution in [0.3, 0.4) is 0 Å². The summed E-state index contributed by atoms with van der Waals surface area (Å²) < 4.78 is 12.3. The van der Waals surface area contributed by atoms with Gasteiger partial charge in [0.2, 0.25) is 0 Å². The average Bonchev–Trinajstić information content (AvgIpc) is 2.78. The van der Waals surface area contributed by atoms with Crippen LogP contribution >= 0.6 is 22.6 Å². The minimum absolute atomic E-state index is 0.0707. The first-order chi connectivity index (χ1) is 16.3. The zero-order valence-corrected chi connectivity index (χ0v) is 19.9. The Hall–Kier alpha value is -3.94. The van der Waals surface area contributed by atoms with Gasteiger partial charge in [0.05, 0.1) is 11.5 Å². The fourth-order valence-corrected chi connectivity index (χ4v) is 3.14. The molecular formula is C22H19IN4O7. The molecule has 0 radical (unpaired) electrons. The highest BCUT2D eigenvalue weighted by atomic mass is 127. The third kappa shape index (κ3) is 6.54. The maximum Gasteiger partial charge on any atom is 0.395 e. The van der Waals surface area contributed by atoms with E-state index < -0.39 is 22.0 Å². The van der Waals surface area contributed by atoms with Gasteiger partial charge < -0.3 is 24.9 Å². The third-order valence-electron chi connectivity index (χ3n) is 4.27. The number of H-pyrrole nitrogens is 1. The summed E-state index contributed by atoms with van der Waals surface area (Å²) in [6.07, 6.45) is 2.92. The smallest absolute Gasteiger partial charge is 0.395 e. The van der Waals surface area contributed by atoms with Crippen LogP contribution in [-0.2, 0) is 4.79 Å². The Balaban J connectivity index is 1.71. The summed E-state index contributed by atoms with van der Waals surface area (Å²) >= 11 is 2.17. The van der Waals surface area contributed by atoms with Crippen molar-refractivity contribution in [1.29, 1.82) is 0 Å². The van der Waals surface area contributed by atoms with E-state index in [9.17, 15) is 24.8 Å². The van der Waals surface area contributed by atoms with E-state index >= 15 is 0 Å². The number of nitrogens with zero attached hydrogens (tertiary/aromatic N) is 2. The predicted octanol–water partition coefficient (Wildman–Crippen LogP) is 3.57. The van der Waals surface area contributed by atoms with Crippen LogP contribution in [0.2, 0.25) is 0 Å². The van der Waals surface area contributed by atoms with Crippen LogP contribution < -0.4 is 20.3 Å². The first-order valence-electron chi connectivity index (χ1n) is 9.87. The van der Waals surface area contributed by atoms with Gasteiger partial charge in [-0.25, -0.2) is 0 Å². The van der Waals surface area contributed by atoms with E-state index in [2.05, 4.69) is 37.9 Å². The van der Waals surface area contributed by atoms with Gasteiger partial charge in [0, 0.05) is 9.26 Å². The molecule has 0 saturated heterocycles. The van der Waals surface area contributed by atoms with Crippen molar-refractivity contribution in [2.24, 2.45) is 0 Å². The molecule has 34 heavy (non-hydrogen) atoms. The quantitative estimate of drug-likeness (QED) is 0.198. The summed E-state index contributed by atoms with van der Waals surface area (Å²) in [6, 6.07) is 12.3. The molecule has 3 rings (SSSR count). The van der Waals surface area contributed by atoms with E-state index in [4.69, 9.17) is 9.47 Å². The van der Waals surface area contributed by atoms with Crippen molar-refractivity contribution in [1.82, 2.24) is 9.97 Å². The standard InChI is InChI=1S/C22H19IN4O7/c1-2-33-17-11-13(4-10-18-25-21(29)20(27(31)32)22(30)26-18)3-9-16(17)34-12-19(28)24-15-7-5-14(23)6-8-15/h3-11H,2,12H2,1H3,(H,24,28)(H2,25,26,29,30)/b10-4+. The number of nitro groups is 1. The number of rotatable bonds is 9. The molecule has 0 bridgehead atoms. The first kappa shape index (κ1) is 24.7. The summed E-state index contributed by atoms with van der Waals surface area (Å²) in [5, 5.41) is 23.1. The van der Waals surface area contributed by atoms with E-state index in [1.165, 1.54) is 6.08 Å². The fourth-order valence-electron chi connectivity index (χ4n) is 2.78. The number of benzene rings is 2. The summed E-state index contributed by atoms with van der Waals surface area (Å²) in [5.41, 5.74) is -0.814. The molecule has 176 valence electrons. The molecule has 3 aromatic rings. The van der Waals surface area contributed by atoms with Crippen molar-refractivity contribution in [2.75, 3.05) is 18.5 Å². The lowest BCUT2D eigenvalue weighted by atomic mass is 10.2. The fraction of sp³-hybridized carbons (Fsp3) is 0.136. The summed E-state index contributed by atoms with van der Waals surface area (Å²) in [7, 11) is 0. The van der Waals surface area contributed by atoms with E-state index in [0.29, 0.717) is 29.4 Å². The molecule has 12 heteroatoms. The van der Waals surface area contributed by atoms with Crippen LogP contribution in [0.15, 0.2) is 47.3 Å². The van der Waals surface area contributed by atoms with E-state index in [-0.39, 0.29) is 18.3 Å². The minimum Gasteiger partial charge on any atom is -0.490 e. The zero-order valence-electron chi connectivity index (χ0n) is 17.8. The number of carbonyl (C=O) groups is 1. The molecule has 0 fully saturated rings. The van der Waals surface area contributed by atoms with Gasteiger partial charge in [-0.15, -0.1) is 0 Å². The average molecular weight is 578 g/mol. The van der Waals surface area contributed by atoms with Crippen LogP contribution in [0.5, 0.6) is 17.4 Å². The first-order valence-corrected chi connectivity index (χ1v) is 11.0. The second kappa shape index (κ2) is 11.3. The van der Waals surface area contributed by atoms with Gasteiger partial charge in [-0.1, -0.05) is 12.1 Å². The minimum atomic E-state index is -1.07. The number of hydrogen-bond donors (Lipinski definition) is 3. The number of halogens is 1. The molecule has 3 N–H and O–H groups in total. The van der Waals surface area contributed by atoms with E-state index in [1.54, 1.807) is 43.3 Å². The van der Waals surface area contributed by atoms with Crippen LogP contribution in [0.1, 0.15) is 18.3 Å². The predicted molar refractivity (Wildman–Crippen MR) is 133 cm³/mol. The Morgan fingerprint density at radius 2 is 1.94 bits per heavy atom. The highest BCUT2D eigenvalue weighted by molar-refractivity contribution is 14.1. The molecule has 0 spiro atoms. The molecule has 1 aromatic heterocycles. The Kier molecular flexibility index (Phi) is 8.19. The summed E-state index contributed by atoms with van der Waals surface area (Å²) in [5.74, 6) is -0.633. The van der Waals surface area contributed by atoms with Crippen molar-refractivity contribution in [3.05, 3.63) is 77.9 Å². The van der Waals surface area contributed by atoms with E-state index in [0.717, 1.165) is 3.57 Å².